The fourth-order valence-electron chi connectivity index (χ4n) is 1.80. The van der Waals surface area contributed by atoms with Gasteiger partial charge in [-0.15, -0.1) is 0 Å². The van der Waals surface area contributed by atoms with Crippen LogP contribution in [0, 0.1) is 0 Å². The molecule has 0 fully saturated rings. The summed E-state index contributed by atoms with van der Waals surface area (Å²) in [5, 5.41) is 0. The van der Waals surface area contributed by atoms with Crippen molar-refractivity contribution in [2.45, 2.75) is 6.42 Å². The first kappa shape index (κ1) is 12.4. The Morgan fingerprint density at radius 2 is 2.22 bits per heavy atom. The monoisotopic (exact) mass is 249 g/mol. The Kier molecular flexibility index (Phi) is 3.47. The average molecular weight is 249 g/mol. The topological polar surface area (TPSA) is 78.8 Å². The van der Waals surface area contributed by atoms with Gasteiger partial charge in [0.1, 0.15) is 11.6 Å². The van der Waals surface area contributed by atoms with Crippen LogP contribution < -0.4 is 10.5 Å². The van der Waals surface area contributed by atoms with Crippen molar-refractivity contribution in [3.8, 4) is 5.75 Å². The van der Waals surface area contributed by atoms with E-state index in [-0.39, 0.29) is 0 Å². The van der Waals surface area contributed by atoms with Crippen LogP contribution in [0.4, 0.5) is 0 Å². The molecule has 0 bridgehead atoms. The second-order valence-corrected chi connectivity index (χ2v) is 3.73. The van der Waals surface area contributed by atoms with Gasteiger partial charge in [-0.1, -0.05) is 0 Å². The highest BCUT2D eigenvalue weighted by molar-refractivity contribution is 5.95. The highest BCUT2D eigenvalue weighted by Crippen LogP contribution is 2.19. The number of aromatic nitrogens is 2. The van der Waals surface area contributed by atoms with Crippen LogP contribution in [0.25, 0.3) is 5.52 Å². The molecule has 0 aliphatic rings. The first-order chi connectivity index (χ1) is 8.71. The van der Waals surface area contributed by atoms with Crippen LogP contribution in [-0.4, -0.2) is 36.1 Å². The molecule has 2 heterocycles. The maximum absolute atomic E-state index is 11.6. The molecule has 2 aromatic heterocycles. The highest BCUT2D eigenvalue weighted by Gasteiger charge is 2.17. The van der Waals surface area contributed by atoms with E-state index in [9.17, 15) is 4.79 Å². The summed E-state index contributed by atoms with van der Waals surface area (Å²) < 4.78 is 11.7. The highest BCUT2D eigenvalue weighted by atomic mass is 16.5. The van der Waals surface area contributed by atoms with E-state index in [1.165, 1.54) is 7.11 Å². The Hall–Kier alpha value is -2.08. The number of hydrogen-bond acceptors (Lipinski definition) is 5. The number of pyridine rings is 1. The quantitative estimate of drug-likeness (QED) is 0.804. The van der Waals surface area contributed by atoms with E-state index in [4.69, 9.17) is 15.2 Å². The van der Waals surface area contributed by atoms with E-state index in [1.807, 2.05) is 0 Å². The van der Waals surface area contributed by atoms with Crippen molar-refractivity contribution in [3.63, 3.8) is 0 Å². The molecule has 2 rings (SSSR count). The molecule has 2 aromatic rings. The number of hydrogen-bond donors (Lipinski definition) is 1. The Labute approximate surface area is 104 Å². The molecule has 0 radical (unpaired) electrons. The molecule has 6 heteroatoms. The van der Waals surface area contributed by atoms with E-state index in [1.54, 1.807) is 29.8 Å². The van der Waals surface area contributed by atoms with Crippen LogP contribution in [0.3, 0.4) is 0 Å². The summed E-state index contributed by atoms with van der Waals surface area (Å²) in [6, 6.07) is 3.55. The van der Waals surface area contributed by atoms with Crippen molar-refractivity contribution in [1.82, 2.24) is 9.38 Å². The second kappa shape index (κ2) is 5.05. The van der Waals surface area contributed by atoms with Crippen LogP contribution in [0.2, 0.25) is 0 Å². The number of nitrogens with zero attached hydrogens (tertiary/aromatic N) is 2. The predicted molar refractivity (Wildman–Crippen MR) is 65.8 cm³/mol. The molecule has 0 amide bonds. The number of imidazole rings is 1. The minimum absolute atomic E-state index is 0.295. The molecule has 0 unspecified atom stereocenters. The Balaban J connectivity index is 2.63. The van der Waals surface area contributed by atoms with Crippen LogP contribution >= 0.6 is 0 Å². The van der Waals surface area contributed by atoms with Crippen LogP contribution in [-0.2, 0) is 11.2 Å². The molecule has 0 spiro atoms. The van der Waals surface area contributed by atoms with Crippen LogP contribution in [0.5, 0.6) is 5.75 Å². The molecular formula is C12H15N3O3. The van der Waals surface area contributed by atoms with Gasteiger partial charge in [0, 0.05) is 6.42 Å². The number of rotatable bonds is 4. The van der Waals surface area contributed by atoms with E-state index in [0.717, 1.165) is 0 Å². The largest absolute Gasteiger partial charge is 0.495 e. The average Bonchev–Trinajstić information content (AvgIpc) is 2.76. The van der Waals surface area contributed by atoms with Gasteiger partial charge in [-0.2, -0.15) is 0 Å². The van der Waals surface area contributed by atoms with Gasteiger partial charge in [0.25, 0.3) is 0 Å². The van der Waals surface area contributed by atoms with Crippen molar-refractivity contribution in [2.75, 3.05) is 20.8 Å². The smallest absolute Gasteiger partial charge is 0.358 e. The third-order valence-electron chi connectivity index (χ3n) is 2.67. The fourth-order valence-corrected chi connectivity index (χ4v) is 1.80. The minimum Gasteiger partial charge on any atom is -0.495 e. The molecule has 6 nitrogen and oxygen atoms in total. The number of methoxy groups -OCH3 is 2. The summed E-state index contributed by atoms with van der Waals surface area (Å²) in [5.41, 5.74) is 6.52. The zero-order valence-electron chi connectivity index (χ0n) is 10.3. The maximum Gasteiger partial charge on any atom is 0.358 e. The third-order valence-corrected chi connectivity index (χ3v) is 2.67. The lowest BCUT2D eigenvalue weighted by atomic mass is 10.3. The van der Waals surface area contributed by atoms with Gasteiger partial charge in [-0.05, 0) is 18.7 Å². The van der Waals surface area contributed by atoms with Gasteiger partial charge in [0.2, 0.25) is 0 Å². The summed E-state index contributed by atoms with van der Waals surface area (Å²) in [5.74, 6) is 0.947. The number of ether oxygens (including phenoxy) is 2. The SMILES string of the molecule is COC(=O)c1nc(CCN)n2cc(OC)ccc12. The summed E-state index contributed by atoms with van der Waals surface area (Å²) >= 11 is 0. The fraction of sp³-hybridized carbons (Fsp3) is 0.333. The Morgan fingerprint density at radius 1 is 1.44 bits per heavy atom. The van der Waals surface area contributed by atoms with E-state index in [0.29, 0.717) is 35.8 Å². The Morgan fingerprint density at radius 3 is 2.83 bits per heavy atom. The molecule has 18 heavy (non-hydrogen) atoms. The predicted octanol–water partition coefficient (Wildman–Crippen LogP) is 0.631. The molecule has 2 N–H and O–H groups in total. The van der Waals surface area contributed by atoms with Crippen molar-refractivity contribution < 1.29 is 14.3 Å². The van der Waals surface area contributed by atoms with Crippen molar-refractivity contribution >= 4 is 11.5 Å². The minimum atomic E-state index is -0.457. The lowest BCUT2D eigenvalue weighted by Crippen LogP contribution is -2.06. The first-order valence-corrected chi connectivity index (χ1v) is 5.54. The summed E-state index contributed by atoms with van der Waals surface area (Å²) in [6.07, 6.45) is 2.35. The molecule has 0 saturated carbocycles. The van der Waals surface area contributed by atoms with Crippen molar-refractivity contribution in [2.24, 2.45) is 5.73 Å². The molecule has 96 valence electrons. The van der Waals surface area contributed by atoms with Gasteiger partial charge in [-0.3, -0.25) is 4.40 Å². The maximum atomic E-state index is 11.6. The van der Waals surface area contributed by atoms with Gasteiger partial charge in [0.05, 0.1) is 25.9 Å². The lowest BCUT2D eigenvalue weighted by molar-refractivity contribution is 0.0597. The van der Waals surface area contributed by atoms with Gasteiger partial charge < -0.3 is 15.2 Å². The van der Waals surface area contributed by atoms with E-state index >= 15 is 0 Å². The van der Waals surface area contributed by atoms with E-state index < -0.39 is 5.97 Å². The molecule has 0 aromatic carbocycles. The second-order valence-electron chi connectivity index (χ2n) is 3.73. The molecule has 0 saturated heterocycles. The van der Waals surface area contributed by atoms with Crippen molar-refractivity contribution in [1.29, 1.82) is 0 Å². The Bertz CT molecular complexity index is 577. The number of fused-ring (bicyclic) bond motifs is 1. The van der Waals surface area contributed by atoms with Gasteiger partial charge in [-0.25, -0.2) is 9.78 Å². The lowest BCUT2D eigenvalue weighted by Gasteiger charge is -2.03. The standard InChI is InChI=1S/C12H15N3O3/c1-17-8-3-4-9-11(12(16)18-2)14-10(5-6-13)15(9)7-8/h3-4,7H,5-6,13H2,1-2H3. The van der Waals surface area contributed by atoms with Crippen LogP contribution in [0.15, 0.2) is 18.3 Å². The summed E-state index contributed by atoms with van der Waals surface area (Å²) in [6.45, 7) is 0.455. The van der Waals surface area contributed by atoms with Gasteiger partial charge >= 0.3 is 5.97 Å². The number of carbonyl (C=O) groups is 1. The summed E-state index contributed by atoms with van der Waals surface area (Å²) in [7, 11) is 2.92. The molecule has 0 atom stereocenters. The zero-order chi connectivity index (χ0) is 13.1. The normalized spacial score (nSPS) is 10.6. The molecule has 0 aliphatic heterocycles. The first-order valence-electron chi connectivity index (χ1n) is 5.54. The van der Waals surface area contributed by atoms with E-state index in [2.05, 4.69) is 4.98 Å². The summed E-state index contributed by atoms with van der Waals surface area (Å²) in [4.78, 5) is 15.9. The van der Waals surface area contributed by atoms with Gasteiger partial charge in [0.15, 0.2) is 5.69 Å². The number of esters is 1. The van der Waals surface area contributed by atoms with Crippen LogP contribution in [0.1, 0.15) is 16.3 Å². The molecular weight excluding hydrogens is 234 g/mol. The molecule has 0 aliphatic carbocycles. The zero-order valence-corrected chi connectivity index (χ0v) is 10.3. The third kappa shape index (κ3) is 2.02. The number of carbonyl (C=O) groups excluding carboxylic acids is 1. The van der Waals surface area contributed by atoms with Crippen molar-refractivity contribution in [3.05, 3.63) is 29.8 Å². The number of nitrogens with two attached hydrogens (primary N) is 1.